The minimum absolute atomic E-state index is 0.137. The maximum Gasteiger partial charge on any atom is 0.120 e. The van der Waals surface area contributed by atoms with E-state index in [2.05, 4.69) is 81.4 Å². The summed E-state index contributed by atoms with van der Waals surface area (Å²) < 4.78 is 0. The predicted molar refractivity (Wildman–Crippen MR) is 135 cm³/mol. The van der Waals surface area contributed by atoms with Crippen molar-refractivity contribution in [3.63, 3.8) is 0 Å². The van der Waals surface area contributed by atoms with Gasteiger partial charge in [-0.2, -0.15) is 0 Å². The van der Waals surface area contributed by atoms with Crippen molar-refractivity contribution in [1.29, 1.82) is 0 Å². The van der Waals surface area contributed by atoms with Crippen molar-refractivity contribution in [3.8, 4) is 11.5 Å². The summed E-state index contributed by atoms with van der Waals surface area (Å²) in [6.45, 7) is 22.3. The van der Waals surface area contributed by atoms with Gasteiger partial charge in [-0.25, -0.2) is 0 Å². The third kappa shape index (κ3) is 6.68. The highest BCUT2D eigenvalue weighted by Crippen LogP contribution is 2.50. The molecule has 2 aromatic carbocycles. The lowest BCUT2D eigenvalue weighted by atomic mass is 9.72. The smallest absolute Gasteiger partial charge is 0.120 e. The van der Waals surface area contributed by atoms with Gasteiger partial charge in [-0.3, -0.25) is 0 Å². The van der Waals surface area contributed by atoms with Gasteiger partial charge >= 0.3 is 0 Å². The molecule has 2 N–H and O–H groups in total. The van der Waals surface area contributed by atoms with Crippen molar-refractivity contribution >= 4 is 11.8 Å². The minimum atomic E-state index is -0.191. The Morgan fingerprint density at radius 3 is 1.19 bits per heavy atom. The molecule has 0 unspecified atom stereocenters. The van der Waals surface area contributed by atoms with Crippen molar-refractivity contribution in [3.05, 3.63) is 47.5 Å². The Kier molecular flexibility index (Phi) is 7.22. The number of hydrogen-bond acceptors (Lipinski definition) is 3. The van der Waals surface area contributed by atoms with E-state index in [4.69, 9.17) is 0 Å². The maximum absolute atomic E-state index is 10.9. The molecule has 0 bridgehead atoms. The summed E-state index contributed by atoms with van der Waals surface area (Å²) in [7, 11) is 0. The van der Waals surface area contributed by atoms with E-state index < -0.39 is 0 Å². The Labute approximate surface area is 194 Å². The normalized spacial score (nSPS) is 13.5. The van der Waals surface area contributed by atoms with Crippen LogP contribution in [-0.2, 0) is 10.8 Å². The molecule has 0 amide bonds. The lowest BCUT2D eigenvalue weighted by Crippen LogP contribution is -2.26. The molecule has 0 aromatic heterocycles. The molecule has 3 heteroatoms. The molecule has 0 aliphatic rings. The summed E-state index contributed by atoms with van der Waals surface area (Å²) >= 11 is 1.65. The molecule has 0 saturated heterocycles. The van der Waals surface area contributed by atoms with Gasteiger partial charge in [0, 0.05) is 20.9 Å². The lowest BCUT2D eigenvalue weighted by Gasteiger charge is -2.36. The quantitative estimate of drug-likeness (QED) is 0.470. The summed E-state index contributed by atoms with van der Waals surface area (Å²) in [5, 5.41) is 21.8. The van der Waals surface area contributed by atoms with Gasteiger partial charge in [0.2, 0.25) is 0 Å². The van der Waals surface area contributed by atoms with E-state index in [1.807, 2.05) is 12.1 Å². The molecule has 2 rings (SSSR count). The second kappa shape index (κ2) is 8.73. The van der Waals surface area contributed by atoms with Crippen molar-refractivity contribution in [2.75, 3.05) is 0 Å². The van der Waals surface area contributed by atoms with Crippen LogP contribution in [0.15, 0.2) is 46.2 Å². The van der Waals surface area contributed by atoms with Gasteiger partial charge in [-0.05, 0) is 58.8 Å². The molecule has 31 heavy (non-hydrogen) atoms. The first-order chi connectivity index (χ1) is 13.9. The van der Waals surface area contributed by atoms with E-state index in [0.717, 1.165) is 33.8 Å². The van der Waals surface area contributed by atoms with Crippen LogP contribution in [0.1, 0.15) is 93.2 Å². The van der Waals surface area contributed by atoms with Crippen LogP contribution >= 0.6 is 11.8 Å². The molecule has 0 fully saturated rings. The van der Waals surface area contributed by atoms with Crippen molar-refractivity contribution < 1.29 is 10.2 Å². The minimum Gasteiger partial charge on any atom is -0.508 e. The zero-order valence-corrected chi connectivity index (χ0v) is 22.0. The Balaban J connectivity index is 2.60. The highest BCUT2D eigenvalue weighted by Gasteiger charge is 2.34. The van der Waals surface area contributed by atoms with E-state index in [9.17, 15) is 10.2 Å². The molecule has 0 atom stereocenters. The average molecular weight is 443 g/mol. The van der Waals surface area contributed by atoms with Gasteiger partial charge in [-0.1, -0.05) is 93.1 Å². The average Bonchev–Trinajstić information content (AvgIpc) is 2.49. The van der Waals surface area contributed by atoms with Gasteiger partial charge in [0.15, 0.2) is 0 Å². The largest absolute Gasteiger partial charge is 0.508 e. The highest BCUT2D eigenvalue weighted by atomic mass is 32.2. The monoisotopic (exact) mass is 442 g/mol. The molecule has 0 heterocycles. The second-order valence-corrected chi connectivity index (χ2v) is 13.7. The van der Waals surface area contributed by atoms with Crippen LogP contribution in [0.3, 0.4) is 0 Å². The van der Waals surface area contributed by atoms with Crippen LogP contribution < -0.4 is 0 Å². The van der Waals surface area contributed by atoms with E-state index in [-0.39, 0.29) is 21.7 Å². The Morgan fingerprint density at radius 1 is 0.581 bits per heavy atom. The summed E-state index contributed by atoms with van der Waals surface area (Å²) in [6, 6.07) is 11.6. The third-order valence-corrected chi connectivity index (χ3v) is 6.65. The molecule has 0 aliphatic heterocycles. The number of benzene rings is 2. The summed E-state index contributed by atoms with van der Waals surface area (Å²) in [5.41, 5.74) is 1.86. The zero-order valence-electron chi connectivity index (χ0n) is 21.2. The molecule has 2 nitrogen and oxygen atoms in total. The topological polar surface area (TPSA) is 40.5 Å². The van der Waals surface area contributed by atoms with Gasteiger partial charge in [0.1, 0.15) is 11.5 Å². The second-order valence-electron chi connectivity index (χ2n) is 12.6. The molecular formula is C28H42O2S. The molecule has 0 radical (unpaired) electrons. The van der Waals surface area contributed by atoms with E-state index in [1.165, 1.54) is 0 Å². The number of phenols is 2. The van der Waals surface area contributed by atoms with Gasteiger partial charge in [0.25, 0.3) is 0 Å². The fraction of sp³-hybridized carbons (Fsp3) is 0.571. The maximum atomic E-state index is 10.9. The lowest BCUT2D eigenvalue weighted by molar-refractivity contribution is 0.275. The van der Waals surface area contributed by atoms with Gasteiger partial charge < -0.3 is 10.2 Å². The predicted octanol–water partition coefficient (Wildman–Crippen LogP) is 8.68. The SMILES string of the molecule is CC(C)(C)CC(C)(C)c1c(O)cccc1Sc1cccc(O)c1C(C)(C)CC(C)(C)C. The van der Waals surface area contributed by atoms with Crippen molar-refractivity contribution in [2.45, 2.75) is 103 Å². The first-order valence-corrected chi connectivity index (χ1v) is 12.1. The van der Waals surface area contributed by atoms with Crippen LogP contribution in [0.5, 0.6) is 11.5 Å². The number of phenolic OH excluding ortho intramolecular Hbond substituents is 2. The van der Waals surface area contributed by atoms with Crippen LogP contribution in [0.4, 0.5) is 0 Å². The Morgan fingerprint density at radius 2 is 0.903 bits per heavy atom. The summed E-state index contributed by atoms with van der Waals surface area (Å²) in [4.78, 5) is 2.10. The van der Waals surface area contributed by atoms with Crippen LogP contribution in [0, 0.1) is 10.8 Å². The van der Waals surface area contributed by atoms with Crippen LogP contribution in [-0.4, -0.2) is 10.2 Å². The number of rotatable bonds is 6. The standard InChI is InChI=1S/C28H42O2S/c1-25(2,3)17-27(7,8)23-19(29)13-11-15-21(23)31-22-16-12-14-20(30)24(22)28(9,10)18-26(4,5)6/h11-16,29-30H,17-18H2,1-10H3. The van der Waals surface area contributed by atoms with E-state index in [1.54, 1.807) is 23.9 Å². The van der Waals surface area contributed by atoms with Gasteiger partial charge in [-0.15, -0.1) is 0 Å². The molecule has 2 aromatic rings. The Bertz CT molecular complexity index is 836. The van der Waals surface area contributed by atoms with Crippen LogP contribution in [0.25, 0.3) is 0 Å². The molecule has 0 saturated carbocycles. The first kappa shape index (κ1) is 25.6. The molecule has 172 valence electrons. The molecule has 0 spiro atoms. The van der Waals surface area contributed by atoms with E-state index in [0.29, 0.717) is 11.5 Å². The third-order valence-electron chi connectivity index (χ3n) is 5.53. The molecular weight excluding hydrogens is 400 g/mol. The summed E-state index contributed by atoms with van der Waals surface area (Å²) in [5.74, 6) is 0.685. The first-order valence-electron chi connectivity index (χ1n) is 11.3. The fourth-order valence-corrected chi connectivity index (χ4v) is 7.01. The summed E-state index contributed by atoms with van der Waals surface area (Å²) in [6.07, 6.45) is 1.90. The van der Waals surface area contributed by atoms with Crippen molar-refractivity contribution in [2.24, 2.45) is 10.8 Å². The van der Waals surface area contributed by atoms with Crippen molar-refractivity contribution in [1.82, 2.24) is 0 Å². The Hall–Kier alpha value is -1.61. The number of aromatic hydroxyl groups is 2. The highest BCUT2D eigenvalue weighted by molar-refractivity contribution is 7.99. The van der Waals surface area contributed by atoms with Crippen LogP contribution in [0.2, 0.25) is 0 Å². The molecule has 0 aliphatic carbocycles. The fourth-order valence-electron chi connectivity index (χ4n) is 5.52. The van der Waals surface area contributed by atoms with Gasteiger partial charge in [0.05, 0.1) is 0 Å². The zero-order chi connectivity index (χ0) is 23.8. The van der Waals surface area contributed by atoms with E-state index >= 15 is 0 Å². The number of hydrogen-bond donors (Lipinski definition) is 2.